The third-order valence-electron chi connectivity index (χ3n) is 3.78. The number of hydrogen-bond donors (Lipinski definition) is 2. The van der Waals surface area contributed by atoms with Crippen LogP contribution in [0, 0.1) is 0 Å². The Morgan fingerprint density at radius 2 is 1.59 bits per heavy atom. The molecule has 0 aliphatic rings. The molecule has 0 saturated carbocycles. The van der Waals surface area contributed by atoms with Gasteiger partial charge in [0.15, 0.2) is 0 Å². The normalized spacial score (nSPS) is 12.9. The van der Waals surface area contributed by atoms with Crippen LogP contribution in [0.2, 0.25) is 0 Å². The second-order valence-corrected chi connectivity index (χ2v) is 5.37. The number of carbonyl (C=O) groups is 1. The molecule has 1 atom stereocenters. The molecule has 1 amide bonds. The van der Waals surface area contributed by atoms with Gasteiger partial charge in [0.1, 0.15) is 5.54 Å². The van der Waals surface area contributed by atoms with Gasteiger partial charge in [0.25, 0.3) is 0 Å². The molecular formula is C18H23ClN2O. The van der Waals surface area contributed by atoms with Crippen molar-refractivity contribution < 1.29 is 4.79 Å². The highest BCUT2D eigenvalue weighted by atomic mass is 35.5. The van der Waals surface area contributed by atoms with Gasteiger partial charge in [-0.15, -0.1) is 12.4 Å². The van der Waals surface area contributed by atoms with Crippen LogP contribution in [0.4, 0.5) is 0 Å². The van der Waals surface area contributed by atoms with Gasteiger partial charge in [0.2, 0.25) is 5.91 Å². The number of carbonyl (C=O) groups excluding carboxylic acids is 1. The van der Waals surface area contributed by atoms with E-state index in [0.717, 1.165) is 17.5 Å². The Kier molecular flexibility index (Phi) is 6.60. The third kappa shape index (κ3) is 4.09. The van der Waals surface area contributed by atoms with Crippen LogP contribution in [0.3, 0.4) is 0 Å². The van der Waals surface area contributed by atoms with E-state index in [1.165, 1.54) is 5.56 Å². The van der Waals surface area contributed by atoms with E-state index >= 15 is 0 Å². The van der Waals surface area contributed by atoms with Crippen LogP contribution >= 0.6 is 12.4 Å². The van der Waals surface area contributed by atoms with E-state index in [2.05, 4.69) is 18.3 Å². The van der Waals surface area contributed by atoms with Crippen LogP contribution in [0.1, 0.15) is 30.5 Å². The predicted octanol–water partition coefficient (Wildman–Crippen LogP) is 3.16. The second kappa shape index (κ2) is 7.97. The van der Waals surface area contributed by atoms with Crippen molar-refractivity contribution in [3.63, 3.8) is 0 Å². The van der Waals surface area contributed by atoms with E-state index < -0.39 is 5.54 Å². The lowest BCUT2D eigenvalue weighted by molar-refractivity contribution is -0.126. The van der Waals surface area contributed by atoms with Crippen molar-refractivity contribution in [2.45, 2.75) is 32.4 Å². The third-order valence-corrected chi connectivity index (χ3v) is 3.78. The summed E-state index contributed by atoms with van der Waals surface area (Å²) in [5.74, 6) is -0.167. The fraction of sp³-hybridized carbons (Fsp3) is 0.278. The smallest absolute Gasteiger partial charge is 0.244 e. The van der Waals surface area contributed by atoms with E-state index in [0.29, 0.717) is 6.54 Å². The first-order chi connectivity index (χ1) is 10.1. The summed E-state index contributed by atoms with van der Waals surface area (Å²) < 4.78 is 0. The molecular weight excluding hydrogens is 296 g/mol. The molecule has 0 fully saturated rings. The molecule has 2 aromatic carbocycles. The lowest BCUT2D eigenvalue weighted by Crippen LogP contribution is -2.48. The average Bonchev–Trinajstić information content (AvgIpc) is 2.53. The van der Waals surface area contributed by atoms with E-state index in [-0.39, 0.29) is 18.3 Å². The molecule has 4 heteroatoms. The second-order valence-electron chi connectivity index (χ2n) is 5.37. The minimum Gasteiger partial charge on any atom is -0.350 e. The number of aryl methyl sites for hydroxylation is 1. The predicted molar refractivity (Wildman–Crippen MR) is 92.9 cm³/mol. The highest BCUT2D eigenvalue weighted by molar-refractivity contribution is 5.87. The zero-order chi connectivity index (χ0) is 15.3. The summed E-state index contributed by atoms with van der Waals surface area (Å²) in [6.07, 6.45) is 0.949. The first-order valence-electron chi connectivity index (χ1n) is 7.25. The van der Waals surface area contributed by atoms with Crippen LogP contribution in [-0.2, 0) is 23.3 Å². The fourth-order valence-corrected chi connectivity index (χ4v) is 2.35. The maximum absolute atomic E-state index is 12.4. The Labute approximate surface area is 138 Å². The fourth-order valence-electron chi connectivity index (χ4n) is 2.35. The summed E-state index contributed by atoms with van der Waals surface area (Å²) in [4.78, 5) is 12.4. The number of nitrogens with two attached hydrogens (primary N) is 1. The Balaban J connectivity index is 0.00000242. The first kappa shape index (κ1) is 18.2. The van der Waals surface area contributed by atoms with Gasteiger partial charge < -0.3 is 11.1 Å². The van der Waals surface area contributed by atoms with Crippen LogP contribution in [0.5, 0.6) is 0 Å². The molecule has 0 heterocycles. The molecule has 118 valence electrons. The van der Waals surface area contributed by atoms with Gasteiger partial charge in [-0.3, -0.25) is 4.79 Å². The molecule has 0 aromatic heterocycles. The quantitative estimate of drug-likeness (QED) is 0.889. The summed E-state index contributed by atoms with van der Waals surface area (Å²) in [5.41, 5.74) is 8.37. The summed E-state index contributed by atoms with van der Waals surface area (Å²) >= 11 is 0. The van der Waals surface area contributed by atoms with Crippen molar-refractivity contribution >= 4 is 18.3 Å². The lowest BCUT2D eigenvalue weighted by atomic mass is 9.92. The Hall–Kier alpha value is -1.84. The maximum Gasteiger partial charge on any atom is 0.244 e. The monoisotopic (exact) mass is 318 g/mol. The maximum atomic E-state index is 12.4. The van der Waals surface area contributed by atoms with Crippen molar-refractivity contribution in [2.75, 3.05) is 0 Å². The summed E-state index contributed by atoms with van der Waals surface area (Å²) in [7, 11) is 0. The van der Waals surface area contributed by atoms with Crippen molar-refractivity contribution in [3.05, 3.63) is 71.3 Å². The highest BCUT2D eigenvalue weighted by Gasteiger charge is 2.29. The molecule has 0 bridgehead atoms. The van der Waals surface area contributed by atoms with E-state index in [9.17, 15) is 4.79 Å². The molecule has 1 unspecified atom stereocenters. The van der Waals surface area contributed by atoms with Gasteiger partial charge in [0, 0.05) is 6.54 Å². The average molecular weight is 319 g/mol. The van der Waals surface area contributed by atoms with Crippen molar-refractivity contribution in [3.8, 4) is 0 Å². The lowest BCUT2D eigenvalue weighted by Gasteiger charge is -2.24. The van der Waals surface area contributed by atoms with Crippen LogP contribution < -0.4 is 11.1 Å². The summed E-state index contributed by atoms with van der Waals surface area (Å²) in [6, 6.07) is 17.6. The van der Waals surface area contributed by atoms with Gasteiger partial charge in [0.05, 0.1) is 0 Å². The minimum atomic E-state index is -1.03. The van der Waals surface area contributed by atoms with E-state index in [1.54, 1.807) is 6.92 Å². The van der Waals surface area contributed by atoms with Crippen LogP contribution in [-0.4, -0.2) is 5.91 Å². The van der Waals surface area contributed by atoms with E-state index in [1.807, 2.05) is 48.5 Å². The number of hydrogen-bond acceptors (Lipinski definition) is 2. The number of halogens is 1. The molecule has 0 radical (unpaired) electrons. The zero-order valence-electron chi connectivity index (χ0n) is 13.0. The molecule has 22 heavy (non-hydrogen) atoms. The number of nitrogens with one attached hydrogen (secondary N) is 1. The molecule has 3 nitrogen and oxygen atoms in total. The number of amides is 1. The van der Waals surface area contributed by atoms with Crippen molar-refractivity contribution in [2.24, 2.45) is 5.73 Å². The molecule has 0 saturated heterocycles. The largest absolute Gasteiger partial charge is 0.350 e. The SMILES string of the molecule is CCc1ccccc1CNC(=O)C(C)(N)c1ccccc1.Cl. The Morgan fingerprint density at radius 1 is 1.05 bits per heavy atom. The van der Waals surface area contributed by atoms with Crippen molar-refractivity contribution in [1.29, 1.82) is 0 Å². The molecule has 0 aliphatic heterocycles. The van der Waals surface area contributed by atoms with Gasteiger partial charge >= 0.3 is 0 Å². The zero-order valence-corrected chi connectivity index (χ0v) is 13.8. The van der Waals surface area contributed by atoms with E-state index in [4.69, 9.17) is 5.73 Å². The number of benzene rings is 2. The van der Waals surface area contributed by atoms with Gasteiger partial charge in [-0.05, 0) is 30.0 Å². The Morgan fingerprint density at radius 3 is 2.18 bits per heavy atom. The topological polar surface area (TPSA) is 55.1 Å². The summed E-state index contributed by atoms with van der Waals surface area (Å²) in [5, 5.41) is 2.95. The van der Waals surface area contributed by atoms with Crippen LogP contribution in [0.25, 0.3) is 0 Å². The molecule has 2 aromatic rings. The van der Waals surface area contributed by atoms with Gasteiger partial charge in [-0.25, -0.2) is 0 Å². The summed E-state index contributed by atoms with van der Waals surface area (Å²) in [6.45, 7) is 4.35. The first-order valence-corrected chi connectivity index (χ1v) is 7.25. The molecule has 0 spiro atoms. The van der Waals surface area contributed by atoms with Gasteiger partial charge in [-0.2, -0.15) is 0 Å². The number of rotatable bonds is 5. The van der Waals surface area contributed by atoms with Crippen molar-refractivity contribution in [1.82, 2.24) is 5.32 Å². The highest BCUT2D eigenvalue weighted by Crippen LogP contribution is 2.18. The Bertz CT molecular complexity index is 611. The molecule has 3 N–H and O–H groups in total. The van der Waals surface area contributed by atoms with Gasteiger partial charge in [-0.1, -0.05) is 61.5 Å². The molecule has 0 aliphatic carbocycles. The molecule has 2 rings (SSSR count). The minimum absolute atomic E-state index is 0. The van der Waals surface area contributed by atoms with Crippen LogP contribution in [0.15, 0.2) is 54.6 Å². The standard InChI is InChI=1S/C18H22N2O.ClH/c1-3-14-9-7-8-10-15(14)13-20-17(21)18(2,19)16-11-5-4-6-12-16;/h4-12H,3,13,19H2,1-2H3,(H,20,21);1H.